The second-order valence-electron chi connectivity index (χ2n) is 6.59. The molecule has 2 aromatic rings. The van der Waals surface area contributed by atoms with Gasteiger partial charge in [0.05, 0.1) is 13.2 Å². The number of hydrogen-bond donors (Lipinski definition) is 1. The summed E-state index contributed by atoms with van der Waals surface area (Å²) in [6.07, 6.45) is 0.743. The van der Waals surface area contributed by atoms with Gasteiger partial charge in [0.2, 0.25) is 0 Å². The molecule has 0 radical (unpaired) electrons. The van der Waals surface area contributed by atoms with Crippen molar-refractivity contribution in [1.29, 1.82) is 0 Å². The second-order valence-corrected chi connectivity index (χ2v) is 6.59. The molecule has 0 fully saturated rings. The van der Waals surface area contributed by atoms with Gasteiger partial charge in [0.1, 0.15) is 11.7 Å². The van der Waals surface area contributed by atoms with Gasteiger partial charge in [-0.1, -0.05) is 37.3 Å². The zero-order chi connectivity index (χ0) is 18.8. The van der Waals surface area contributed by atoms with Crippen molar-refractivity contribution in [2.24, 2.45) is 0 Å². The third-order valence-corrected chi connectivity index (χ3v) is 5.17. The number of carbonyl (C=O) groups excluding carboxylic acids is 1. The Labute approximate surface area is 153 Å². The fourth-order valence-corrected chi connectivity index (χ4v) is 3.65. The smallest absolute Gasteiger partial charge is 0.313 e. The SMILES string of the molecule is CC[C@H](C)N1C(=O)c2ccccc2[C@H](C(=O)O)[C@@H]1c1ccc(OC)cc1. The van der Waals surface area contributed by atoms with Crippen LogP contribution >= 0.6 is 0 Å². The van der Waals surface area contributed by atoms with Gasteiger partial charge in [-0.15, -0.1) is 0 Å². The molecular formula is C21H23NO4. The molecule has 5 nitrogen and oxygen atoms in total. The molecule has 0 aromatic heterocycles. The van der Waals surface area contributed by atoms with Crippen LogP contribution in [0.5, 0.6) is 5.75 Å². The molecule has 3 atom stereocenters. The van der Waals surface area contributed by atoms with Crippen LogP contribution in [0, 0.1) is 0 Å². The van der Waals surface area contributed by atoms with Crippen molar-refractivity contribution in [1.82, 2.24) is 4.90 Å². The van der Waals surface area contributed by atoms with E-state index in [9.17, 15) is 14.7 Å². The van der Waals surface area contributed by atoms with Gasteiger partial charge < -0.3 is 14.7 Å². The number of rotatable bonds is 5. The monoisotopic (exact) mass is 353 g/mol. The third kappa shape index (κ3) is 2.94. The molecule has 0 bridgehead atoms. The van der Waals surface area contributed by atoms with Crippen LogP contribution in [0.4, 0.5) is 0 Å². The molecular weight excluding hydrogens is 330 g/mol. The van der Waals surface area contributed by atoms with Gasteiger partial charge in [-0.05, 0) is 42.7 Å². The van der Waals surface area contributed by atoms with Gasteiger partial charge in [-0.25, -0.2) is 0 Å². The van der Waals surface area contributed by atoms with Gasteiger partial charge in [0, 0.05) is 11.6 Å². The first-order chi connectivity index (χ1) is 12.5. The van der Waals surface area contributed by atoms with E-state index in [0.29, 0.717) is 16.9 Å². The number of fused-ring (bicyclic) bond motifs is 1. The fraction of sp³-hybridized carbons (Fsp3) is 0.333. The molecule has 1 N–H and O–H groups in total. The summed E-state index contributed by atoms with van der Waals surface area (Å²) in [4.78, 5) is 27.1. The molecule has 26 heavy (non-hydrogen) atoms. The predicted octanol–water partition coefficient (Wildman–Crippen LogP) is 3.86. The van der Waals surface area contributed by atoms with Gasteiger partial charge in [0.15, 0.2) is 0 Å². The fourth-order valence-electron chi connectivity index (χ4n) is 3.65. The highest BCUT2D eigenvalue weighted by atomic mass is 16.5. The molecule has 0 unspecified atom stereocenters. The van der Waals surface area contributed by atoms with Crippen LogP contribution in [0.3, 0.4) is 0 Å². The van der Waals surface area contributed by atoms with Crippen LogP contribution in [0.1, 0.15) is 53.7 Å². The Bertz CT molecular complexity index is 815. The maximum atomic E-state index is 13.2. The highest BCUT2D eigenvalue weighted by Crippen LogP contribution is 2.44. The van der Waals surface area contributed by atoms with E-state index in [2.05, 4.69) is 0 Å². The Hall–Kier alpha value is -2.82. The number of hydrogen-bond acceptors (Lipinski definition) is 3. The molecule has 1 amide bonds. The molecule has 1 aliphatic rings. The number of amides is 1. The van der Waals surface area contributed by atoms with Crippen LogP contribution in [-0.4, -0.2) is 35.0 Å². The van der Waals surface area contributed by atoms with E-state index in [4.69, 9.17) is 4.74 Å². The number of carboxylic acid groups (broad SMARTS) is 1. The van der Waals surface area contributed by atoms with Crippen LogP contribution in [0.2, 0.25) is 0 Å². The summed E-state index contributed by atoms with van der Waals surface area (Å²) in [5.74, 6) is -1.17. The number of aliphatic carboxylic acids is 1. The van der Waals surface area contributed by atoms with Crippen molar-refractivity contribution in [2.45, 2.75) is 38.3 Å². The molecule has 1 aliphatic heterocycles. The zero-order valence-corrected chi connectivity index (χ0v) is 15.2. The minimum Gasteiger partial charge on any atom is -0.497 e. The number of ether oxygens (including phenoxy) is 1. The highest BCUT2D eigenvalue weighted by molar-refractivity contribution is 6.00. The number of methoxy groups -OCH3 is 1. The number of carboxylic acids is 1. The summed E-state index contributed by atoms with van der Waals surface area (Å²) in [7, 11) is 1.58. The molecule has 5 heteroatoms. The summed E-state index contributed by atoms with van der Waals surface area (Å²) in [5, 5.41) is 10.0. The molecule has 0 aliphatic carbocycles. The maximum absolute atomic E-state index is 13.2. The Balaban J connectivity index is 2.21. The number of benzene rings is 2. The number of nitrogens with zero attached hydrogens (tertiary/aromatic N) is 1. The van der Waals surface area contributed by atoms with Crippen molar-refractivity contribution >= 4 is 11.9 Å². The lowest BCUT2D eigenvalue weighted by atomic mass is 9.79. The molecule has 136 valence electrons. The van der Waals surface area contributed by atoms with Gasteiger partial charge in [0.25, 0.3) is 5.91 Å². The Morgan fingerprint density at radius 2 is 1.85 bits per heavy atom. The van der Waals surface area contributed by atoms with Crippen molar-refractivity contribution in [3.8, 4) is 5.75 Å². The van der Waals surface area contributed by atoms with Crippen molar-refractivity contribution in [3.05, 3.63) is 65.2 Å². The lowest BCUT2D eigenvalue weighted by molar-refractivity contribution is -0.140. The van der Waals surface area contributed by atoms with E-state index in [1.54, 1.807) is 48.4 Å². The van der Waals surface area contributed by atoms with Crippen LogP contribution in [-0.2, 0) is 4.79 Å². The standard InChI is InChI=1S/C21H23NO4/c1-4-13(2)22-19(14-9-11-15(26-3)12-10-14)18(21(24)25)16-7-5-6-8-17(16)20(22)23/h5-13,18-19H,4H2,1-3H3,(H,24,25)/t13-,18-,19-/m0/s1. The summed E-state index contributed by atoms with van der Waals surface area (Å²) < 4.78 is 5.21. The van der Waals surface area contributed by atoms with E-state index < -0.39 is 17.9 Å². The largest absolute Gasteiger partial charge is 0.497 e. The minimum absolute atomic E-state index is 0.0789. The van der Waals surface area contributed by atoms with E-state index >= 15 is 0 Å². The van der Waals surface area contributed by atoms with Crippen LogP contribution in [0.15, 0.2) is 48.5 Å². The number of carbonyl (C=O) groups is 2. The summed E-state index contributed by atoms with van der Waals surface area (Å²) >= 11 is 0. The summed E-state index contributed by atoms with van der Waals surface area (Å²) in [6, 6.07) is 13.7. The van der Waals surface area contributed by atoms with Crippen molar-refractivity contribution < 1.29 is 19.4 Å². The average Bonchev–Trinajstić information content (AvgIpc) is 2.67. The second kappa shape index (κ2) is 7.20. The predicted molar refractivity (Wildman–Crippen MR) is 98.5 cm³/mol. The molecule has 0 saturated heterocycles. The highest BCUT2D eigenvalue weighted by Gasteiger charge is 2.45. The van der Waals surface area contributed by atoms with Gasteiger partial charge in [-0.3, -0.25) is 9.59 Å². The van der Waals surface area contributed by atoms with Crippen molar-refractivity contribution in [2.75, 3.05) is 7.11 Å². The Kier molecular flexibility index (Phi) is 4.98. The lowest BCUT2D eigenvalue weighted by Gasteiger charge is -2.44. The molecule has 0 spiro atoms. The zero-order valence-electron chi connectivity index (χ0n) is 15.2. The quantitative estimate of drug-likeness (QED) is 0.886. The minimum atomic E-state index is -0.931. The summed E-state index contributed by atoms with van der Waals surface area (Å²) in [6.45, 7) is 3.96. The first-order valence-electron chi connectivity index (χ1n) is 8.78. The molecule has 2 aromatic carbocycles. The third-order valence-electron chi connectivity index (χ3n) is 5.17. The van der Waals surface area contributed by atoms with E-state index in [1.807, 2.05) is 26.0 Å². The van der Waals surface area contributed by atoms with Crippen LogP contribution < -0.4 is 4.74 Å². The first kappa shape index (κ1) is 18.0. The maximum Gasteiger partial charge on any atom is 0.313 e. The van der Waals surface area contributed by atoms with Crippen LogP contribution in [0.25, 0.3) is 0 Å². The lowest BCUT2D eigenvalue weighted by Crippen LogP contribution is -2.48. The molecule has 0 saturated carbocycles. The summed E-state index contributed by atoms with van der Waals surface area (Å²) in [5.41, 5.74) is 1.84. The normalized spacial score (nSPS) is 20.4. The van der Waals surface area contributed by atoms with E-state index in [0.717, 1.165) is 12.0 Å². The van der Waals surface area contributed by atoms with E-state index in [1.165, 1.54) is 0 Å². The van der Waals surface area contributed by atoms with Gasteiger partial charge >= 0.3 is 5.97 Å². The Morgan fingerprint density at radius 1 is 1.19 bits per heavy atom. The molecule has 3 rings (SSSR count). The van der Waals surface area contributed by atoms with Crippen molar-refractivity contribution in [3.63, 3.8) is 0 Å². The average molecular weight is 353 g/mol. The molecule has 1 heterocycles. The first-order valence-corrected chi connectivity index (χ1v) is 8.78. The van der Waals surface area contributed by atoms with E-state index in [-0.39, 0.29) is 11.9 Å². The topological polar surface area (TPSA) is 66.8 Å². The van der Waals surface area contributed by atoms with Gasteiger partial charge in [-0.2, -0.15) is 0 Å². The Morgan fingerprint density at radius 3 is 2.42 bits per heavy atom.